The quantitative estimate of drug-likeness (QED) is 0.766. The summed E-state index contributed by atoms with van der Waals surface area (Å²) in [5.74, 6) is -0.0172. The highest BCUT2D eigenvalue weighted by Gasteiger charge is 2.24. The lowest BCUT2D eigenvalue weighted by Crippen LogP contribution is -2.34. The number of rotatable bonds is 5. The molecular formula is C19H22N2O5S. The van der Waals surface area contributed by atoms with Crippen LogP contribution in [0.2, 0.25) is 0 Å². The molecule has 1 aliphatic heterocycles. The van der Waals surface area contributed by atoms with E-state index in [1.807, 2.05) is 0 Å². The number of sulfonamides is 1. The van der Waals surface area contributed by atoms with Gasteiger partial charge in [0.25, 0.3) is 5.91 Å². The number of ether oxygens (including phenoxy) is 1. The Morgan fingerprint density at radius 2 is 2.04 bits per heavy atom. The summed E-state index contributed by atoms with van der Waals surface area (Å²) in [6.07, 6.45) is 2.61. The van der Waals surface area contributed by atoms with Gasteiger partial charge in [-0.3, -0.25) is 9.10 Å². The van der Waals surface area contributed by atoms with Crippen molar-refractivity contribution in [3.63, 3.8) is 0 Å². The number of aromatic hydroxyl groups is 1. The molecule has 0 fully saturated rings. The minimum atomic E-state index is -3.34. The predicted molar refractivity (Wildman–Crippen MR) is 104 cm³/mol. The number of phenolic OH excluding ortho intramolecular Hbond substituents is 1. The van der Waals surface area contributed by atoms with E-state index < -0.39 is 10.0 Å². The van der Waals surface area contributed by atoms with Gasteiger partial charge in [0.2, 0.25) is 10.0 Å². The number of nitrogens with one attached hydrogen (secondary N) is 1. The zero-order chi connectivity index (χ0) is 19.6. The maximum absolute atomic E-state index is 12.6. The Hall–Kier alpha value is -2.74. The fraction of sp³-hybridized carbons (Fsp3) is 0.316. The van der Waals surface area contributed by atoms with Crippen molar-refractivity contribution >= 4 is 27.3 Å². The number of hydrogen-bond acceptors (Lipinski definition) is 5. The van der Waals surface area contributed by atoms with Gasteiger partial charge in [0.1, 0.15) is 0 Å². The highest BCUT2D eigenvalue weighted by atomic mass is 32.2. The van der Waals surface area contributed by atoms with Crippen molar-refractivity contribution in [3.8, 4) is 11.5 Å². The van der Waals surface area contributed by atoms with E-state index in [0.717, 1.165) is 12.0 Å². The molecule has 1 aliphatic rings. The topological polar surface area (TPSA) is 95.9 Å². The number of anilines is 2. The molecule has 0 aliphatic carbocycles. The standard InChI is InChI=1S/C19H22N2O5S/c1-3-26-18-12-15(7-9-17(18)22)20-19(23)14-6-8-16-13(11-14)5-4-10-21(16)27(2,24)25/h6-9,11-12,22H,3-5,10H2,1-2H3,(H,20,23). The van der Waals surface area contributed by atoms with Crippen molar-refractivity contribution in [1.29, 1.82) is 0 Å². The molecule has 0 spiro atoms. The molecule has 2 N–H and O–H groups in total. The first-order valence-corrected chi connectivity index (χ1v) is 10.5. The number of benzene rings is 2. The normalized spacial score (nSPS) is 13.8. The van der Waals surface area contributed by atoms with E-state index in [9.17, 15) is 18.3 Å². The predicted octanol–water partition coefficient (Wildman–Crippen LogP) is 2.76. The molecule has 3 rings (SSSR count). The number of carbonyl (C=O) groups excluding carboxylic acids is 1. The number of fused-ring (bicyclic) bond motifs is 1. The SMILES string of the molecule is CCOc1cc(NC(=O)c2ccc3c(c2)CCCN3S(C)(=O)=O)ccc1O. The van der Waals surface area contributed by atoms with Crippen molar-refractivity contribution in [3.05, 3.63) is 47.5 Å². The molecule has 144 valence electrons. The van der Waals surface area contributed by atoms with Gasteiger partial charge in [-0.05, 0) is 55.7 Å². The van der Waals surface area contributed by atoms with E-state index in [1.54, 1.807) is 37.3 Å². The molecule has 0 saturated carbocycles. The first kappa shape index (κ1) is 19.0. The highest BCUT2D eigenvalue weighted by molar-refractivity contribution is 7.92. The Labute approximate surface area is 158 Å². The molecule has 7 nitrogen and oxygen atoms in total. The Bertz CT molecular complexity index is 972. The summed E-state index contributed by atoms with van der Waals surface area (Å²) < 4.78 is 30.6. The molecule has 0 bridgehead atoms. The second kappa shape index (κ2) is 7.48. The van der Waals surface area contributed by atoms with Crippen LogP contribution in [0.3, 0.4) is 0 Å². The Balaban J connectivity index is 1.83. The summed E-state index contributed by atoms with van der Waals surface area (Å²) in [7, 11) is -3.34. The summed E-state index contributed by atoms with van der Waals surface area (Å²) in [6, 6.07) is 9.61. The lowest BCUT2D eigenvalue weighted by atomic mass is 10.0. The number of nitrogens with zero attached hydrogens (tertiary/aromatic N) is 1. The lowest BCUT2D eigenvalue weighted by Gasteiger charge is -2.29. The fourth-order valence-electron chi connectivity index (χ4n) is 3.11. The Morgan fingerprint density at radius 1 is 1.26 bits per heavy atom. The van der Waals surface area contributed by atoms with E-state index in [0.29, 0.717) is 42.3 Å². The summed E-state index contributed by atoms with van der Waals surface area (Å²) in [5, 5.41) is 12.5. The van der Waals surface area contributed by atoms with Gasteiger partial charge >= 0.3 is 0 Å². The third kappa shape index (κ3) is 4.16. The van der Waals surface area contributed by atoms with E-state index in [1.165, 1.54) is 16.6 Å². The molecule has 0 radical (unpaired) electrons. The third-order valence-corrected chi connectivity index (χ3v) is 5.52. The van der Waals surface area contributed by atoms with Crippen LogP contribution < -0.4 is 14.4 Å². The summed E-state index contributed by atoms with van der Waals surface area (Å²) in [4.78, 5) is 12.6. The Kier molecular flexibility index (Phi) is 5.27. The monoisotopic (exact) mass is 390 g/mol. The molecule has 2 aromatic rings. The molecule has 27 heavy (non-hydrogen) atoms. The molecule has 8 heteroatoms. The van der Waals surface area contributed by atoms with E-state index in [2.05, 4.69) is 5.32 Å². The van der Waals surface area contributed by atoms with Crippen molar-refractivity contribution in [2.24, 2.45) is 0 Å². The summed E-state index contributed by atoms with van der Waals surface area (Å²) >= 11 is 0. The first-order valence-electron chi connectivity index (χ1n) is 8.67. The number of amides is 1. The molecule has 0 saturated heterocycles. The van der Waals surface area contributed by atoms with Crippen molar-refractivity contribution < 1.29 is 23.1 Å². The zero-order valence-corrected chi connectivity index (χ0v) is 16.0. The number of aryl methyl sites for hydroxylation is 1. The van der Waals surface area contributed by atoms with Crippen LogP contribution in [0.4, 0.5) is 11.4 Å². The van der Waals surface area contributed by atoms with Gasteiger partial charge in [0.05, 0.1) is 18.6 Å². The second-order valence-corrected chi connectivity index (χ2v) is 8.26. The van der Waals surface area contributed by atoms with Gasteiger partial charge in [0.15, 0.2) is 11.5 Å². The average Bonchev–Trinajstić information content (AvgIpc) is 2.63. The van der Waals surface area contributed by atoms with Crippen LogP contribution in [-0.2, 0) is 16.4 Å². The Morgan fingerprint density at radius 3 is 2.74 bits per heavy atom. The number of hydrogen-bond donors (Lipinski definition) is 2. The lowest BCUT2D eigenvalue weighted by molar-refractivity contribution is 0.102. The highest BCUT2D eigenvalue weighted by Crippen LogP contribution is 2.31. The molecular weight excluding hydrogens is 368 g/mol. The van der Waals surface area contributed by atoms with Crippen LogP contribution in [0, 0.1) is 0 Å². The molecule has 1 amide bonds. The van der Waals surface area contributed by atoms with Crippen molar-refractivity contribution in [2.45, 2.75) is 19.8 Å². The van der Waals surface area contributed by atoms with Crippen LogP contribution in [0.15, 0.2) is 36.4 Å². The van der Waals surface area contributed by atoms with Crippen LogP contribution in [0.25, 0.3) is 0 Å². The smallest absolute Gasteiger partial charge is 0.255 e. The number of carbonyl (C=O) groups is 1. The van der Waals surface area contributed by atoms with Crippen LogP contribution >= 0.6 is 0 Å². The van der Waals surface area contributed by atoms with Crippen molar-refractivity contribution in [2.75, 3.05) is 29.0 Å². The van der Waals surface area contributed by atoms with E-state index >= 15 is 0 Å². The molecule has 2 aromatic carbocycles. The van der Waals surface area contributed by atoms with Crippen LogP contribution in [-0.4, -0.2) is 38.8 Å². The van der Waals surface area contributed by atoms with Gasteiger partial charge in [-0.25, -0.2) is 8.42 Å². The van der Waals surface area contributed by atoms with E-state index in [4.69, 9.17) is 4.74 Å². The van der Waals surface area contributed by atoms with Gasteiger partial charge in [0, 0.05) is 23.9 Å². The largest absolute Gasteiger partial charge is 0.504 e. The van der Waals surface area contributed by atoms with E-state index in [-0.39, 0.29) is 11.7 Å². The van der Waals surface area contributed by atoms with Gasteiger partial charge in [-0.15, -0.1) is 0 Å². The van der Waals surface area contributed by atoms with Gasteiger partial charge < -0.3 is 15.2 Å². The number of phenols is 1. The minimum absolute atomic E-state index is 0.00416. The fourth-order valence-corrected chi connectivity index (χ4v) is 4.11. The van der Waals surface area contributed by atoms with Crippen LogP contribution in [0.5, 0.6) is 11.5 Å². The second-order valence-electron chi connectivity index (χ2n) is 6.35. The van der Waals surface area contributed by atoms with Crippen LogP contribution in [0.1, 0.15) is 29.3 Å². The average molecular weight is 390 g/mol. The first-order chi connectivity index (χ1) is 12.8. The van der Waals surface area contributed by atoms with Gasteiger partial charge in [-0.1, -0.05) is 0 Å². The third-order valence-electron chi connectivity index (χ3n) is 4.34. The molecule has 0 unspecified atom stereocenters. The molecule has 1 heterocycles. The summed E-state index contributed by atoms with van der Waals surface area (Å²) in [5.41, 5.74) is 2.40. The minimum Gasteiger partial charge on any atom is -0.504 e. The molecule has 0 atom stereocenters. The zero-order valence-electron chi connectivity index (χ0n) is 15.2. The maximum atomic E-state index is 12.6. The van der Waals surface area contributed by atoms with Gasteiger partial charge in [-0.2, -0.15) is 0 Å². The maximum Gasteiger partial charge on any atom is 0.255 e. The molecule has 0 aromatic heterocycles. The summed E-state index contributed by atoms with van der Waals surface area (Å²) in [6.45, 7) is 2.65. The van der Waals surface area contributed by atoms with Crippen molar-refractivity contribution in [1.82, 2.24) is 0 Å².